The number of esters is 1. The Bertz CT molecular complexity index is 618. The lowest BCUT2D eigenvalue weighted by molar-refractivity contribution is -0.190. The molecule has 1 aliphatic rings. The molecule has 0 bridgehead atoms. The van der Waals surface area contributed by atoms with E-state index in [1.54, 1.807) is 6.07 Å². The lowest BCUT2D eigenvalue weighted by Gasteiger charge is -2.38. The molecule has 132 valence electrons. The quantitative estimate of drug-likeness (QED) is 0.469. The molecule has 0 radical (unpaired) electrons. The Morgan fingerprint density at radius 1 is 1.29 bits per heavy atom. The molecule has 1 aromatic rings. The minimum Gasteiger partial charge on any atom is -0.449 e. The van der Waals surface area contributed by atoms with Crippen LogP contribution in [0.25, 0.3) is 0 Å². The van der Waals surface area contributed by atoms with E-state index in [2.05, 4.69) is 4.74 Å². The van der Waals surface area contributed by atoms with Gasteiger partial charge in [-0.05, 0) is 36.5 Å². The Morgan fingerprint density at radius 3 is 2.62 bits per heavy atom. The predicted molar refractivity (Wildman–Crippen MR) is 76.3 cm³/mol. The molecular weight excluding hydrogens is 330 g/mol. The summed E-state index contributed by atoms with van der Waals surface area (Å²) in [5, 5.41) is 0. The first kappa shape index (κ1) is 18.2. The summed E-state index contributed by atoms with van der Waals surface area (Å²) >= 11 is 0. The highest BCUT2D eigenvalue weighted by Gasteiger charge is 2.37. The zero-order valence-corrected chi connectivity index (χ0v) is 13.0. The van der Waals surface area contributed by atoms with Crippen molar-refractivity contribution in [2.45, 2.75) is 32.0 Å². The van der Waals surface area contributed by atoms with Gasteiger partial charge in [-0.1, -0.05) is 19.1 Å². The second-order valence-corrected chi connectivity index (χ2v) is 5.90. The first-order valence-corrected chi connectivity index (χ1v) is 7.47. The molecule has 8 heteroatoms. The van der Waals surface area contributed by atoms with E-state index < -0.39 is 36.5 Å². The molecule has 1 aliphatic heterocycles. The van der Waals surface area contributed by atoms with Crippen LogP contribution in [0.1, 0.15) is 31.4 Å². The van der Waals surface area contributed by atoms with Gasteiger partial charge in [-0.15, -0.1) is 0 Å². The molecule has 0 aromatic heterocycles. The van der Waals surface area contributed by atoms with Crippen molar-refractivity contribution in [2.75, 3.05) is 13.2 Å². The first-order chi connectivity index (χ1) is 11.2. The molecule has 2 rings (SSSR count). The average Bonchev–Trinajstić information content (AvgIpc) is 2.51. The van der Waals surface area contributed by atoms with Crippen molar-refractivity contribution in [3.8, 4) is 0 Å². The summed E-state index contributed by atoms with van der Waals surface area (Å²) in [5.41, 5.74) is 0.499. The monoisotopic (exact) mass is 347 g/mol. The number of hydrogen-bond donors (Lipinski definition) is 0. The number of hydrogen-bond acceptors (Lipinski definition) is 3. The highest BCUT2D eigenvalue weighted by Crippen LogP contribution is 2.33. The van der Waals surface area contributed by atoms with Gasteiger partial charge in [0.2, 0.25) is 0 Å². The van der Waals surface area contributed by atoms with Crippen molar-refractivity contribution < 1.29 is 31.9 Å². The van der Waals surface area contributed by atoms with Gasteiger partial charge in [0.1, 0.15) is 5.82 Å². The molecule has 0 spiro atoms. The molecular formula is C16H17F4NO3. The minimum absolute atomic E-state index is 0.0779. The van der Waals surface area contributed by atoms with Crippen LogP contribution in [-0.2, 0) is 14.3 Å². The predicted octanol–water partition coefficient (Wildman–Crippen LogP) is 3.23. The van der Waals surface area contributed by atoms with Crippen molar-refractivity contribution in [1.29, 1.82) is 0 Å². The molecule has 4 nitrogen and oxygen atoms in total. The van der Waals surface area contributed by atoms with Gasteiger partial charge in [-0.2, -0.15) is 13.2 Å². The van der Waals surface area contributed by atoms with Crippen molar-refractivity contribution in [3.63, 3.8) is 0 Å². The molecule has 2 atom stereocenters. The highest BCUT2D eigenvalue weighted by atomic mass is 19.4. The summed E-state index contributed by atoms with van der Waals surface area (Å²) in [6.45, 7) is 0.246. The maximum absolute atomic E-state index is 13.4. The summed E-state index contributed by atoms with van der Waals surface area (Å²) in [6, 6.07) is 5.03. The van der Waals surface area contributed by atoms with Crippen LogP contribution in [0.2, 0.25) is 0 Å². The van der Waals surface area contributed by atoms with Crippen LogP contribution in [0.3, 0.4) is 0 Å². The van der Waals surface area contributed by atoms with E-state index in [0.717, 1.165) is 6.42 Å². The number of ether oxygens (including phenoxy) is 1. The van der Waals surface area contributed by atoms with Gasteiger partial charge < -0.3 is 9.64 Å². The number of halogens is 4. The Kier molecular flexibility index (Phi) is 5.46. The van der Waals surface area contributed by atoms with Crippen molar-refractivity contribution in [3.05, 3.63) is 35.6 Å². The van der Waals surface area contributed by atoms with Crippen LogP contribution in [0.4, 0.5) is 17.6 Å². The molecule has 1 amide bonds. The molecule has 0 aliphatic carbocycles. The average molecular weight is 347 g/mol. The fourth-order valence-electron chi connectivity index (χ4n) is 2.76. The van der Waals surface area contributed by atoms with Gasteiger partial charge in [0.05, 0.1) is 6.04 Å². The van der Waals surface area contributed by atoms with Gasteiger partial charge >= 0.3 is 18.1 Å². The molecule has 1 unspecified atom stereocenters. The number of rotatable bonds is 2. The number of alkyl halides is 3. The van der Waals surface area contributed by atoms with Crippen molar-refractivity contribution in [1.82, 2.24) is 4.90 Å². The lowest BCUT2D eigenvalue weighted by atomic mass is 9.90. The number of piperidine rings is 1. The van der Waals surface area contributed by atoms with Gasteiger partial charge in [0.15, 0.2) is 6.61 Å². The molecule has 1 saturated heterocycles. The second-order valence-electron chi connectivity index (χ2n) is 5.90. The third kappa shape index (κ3) is 4.69. The Hall–Kier alpha value is -2.12. The van der Waals surface area contributed by atoms with Gasteiger partial charge in [-0.3, -0.25) is 4.79 Å². The number of carbonyl (C=O) groups is 2. The zero-order chi connectivity index (χ0) is 17.9. The smallest absolute Gasteiger partial charge is 0.422 e. The third-order valence-corrected chi connectivity index (χ3v) is 3.85. The van der Waals surface area contributed by atoms with E-state index in [1.807, 2.05) is 6.92 Å². The van der Waals surface area contributed by atoms with E-state index in [4.69, 9.17) is 0 Å². The Balaban J connectivity index is 2.16. The minimum atomic E-state index is -4.70. The summed E-state index contributed by atoms with van der Waals surface area (Å²) < 4.78 is 53.8. The molecule has 0 N–H and O–H groups in total. The summed E-state index contributed by atoms with van der Waals surface area (Å²) in [6.07, 6.45) is -3.46. The van der Waals surface area contributed by atoms with Gasteiger partial charge in [0.25, 0.3) is 0 Å². The number of amides is 1. The molecule has 1 heterocycles. The number of likely N-dealkylation sites (tertiary alicyclic amines) is 1. The number of nitrogens with zero attached hydrogens (tertiary/aromatic N) is 1. The summed E-state index contributed by atoms with van der Waals surface area (Å²) in [7, 11) is 0. The first-order valence-electron chi connectivity index (χ1n) is 7.47. The van der Waals surface area contributed by atoms with Crippen LogP contribution in [-0.4, -0.2) is 36.1 Å². The molecule has 1 fully saturated rings. The van der Waals surface area contributed by atoms with E-state index in [-0.39, 0.29) is 12.5 Å². The number of benzene rings is 1. The van der Waals surface area contributed by atoms with Crippen LogP contribution in [0.5, 0.6) is 0 Å². The topological polar surface area (TPSA) is 46.6 Å². The maximum Gasteiger partial charge on any atom is 0.422 e. The Morgan fingerprint density at radius 2 is 2.00 bits per heavy atom. The van der Waals surface area contributed by atoms with Crippen LogP contribution < -0.4 is 0 Å². The largest absolute Gasteiger partial charge is 0.449 e. The summed E-state index contributed by atoms with van der Waals surface area (Å²) in [5.74, 6) is -3.10. The summed E-state index contributed by atoms with van der Waals surface area (Å²) in [4.78, 5) is 25.0. The van der Waals surface area contributed by atoms with E-state index in [1.165, 1.54) is 23.1 Å². The van der Waals surface area contributed by atoms with Gasteiger partial charge in [-0.25, -0.2) is 9.18 Å². The van der Waals surface area contributed by atoms with Crippen molar-refractivity contribution in [2.24, 2.45) is 5.92 Å². The fraction of sp³-hybridized carbons (Fsp3) is 0.500. The molecule has 1 aromatic carbocycles. The maximum atomic E-state index is 13.4. The van der Waals surface area contributed by atoms with E-state index >= 15 is 0 Å². The lowest BCUT2D eigenvalue weighted by Crippen LogP contribution is -2.45. The zero-order valence-electron chi connectivity index (χ0n) is 13.0. The normalized spacial score (nSPS) is 21.5. The molecule has 24 heavy (non-hydrogen) atoms. The SMILES string of the molecule is C[C@H]1CCC(c2cccc(F)c2)N(C(=O)C(=O)OCC(F)(F)F)C1. The van der Waals surface area contributed by atoms with Crippen molar-refractivity contribution >= 4 is 11.9 Å². The molecule has 0 saturated carbocycles. The van der Waals surface area contributed by atoms with Crippen LogP contribution >= 0.6 is 0 Å². The highest BCUT2D eigenvalue weighted by molar-refractivity contribution is 6.32. The van der Waals surface area contributed by atoms with Crippen LogP contribution in [0, 0.1) is 11.7 Å². The Labute approximate surface area is 136 Å². The van der Waals surface area contributed by atoms with E-state index in [0.29, 0.717) is 12.0 Å². The number of carbonyl (C=O) groups excluding carboxylic acids is 2. The fourth-order valence-corrected chi connectivity index (χ4v) is 2.76. The van der Waals surface area contributed by atoms with E-state index in [9.17, 15) is 27.2 Å². The third-order valence-electron chi connectivity index (χ3n) is 3.85. The van der Waals surface area contributed by atoms with Crippen LogP contribution in [0.15, 0.2) is 24.3 Å². The standard InChI is InChI=1S/C16H17F4NO3/c1-10-5-6-13(11-3-2-4-12(17)7-11)21(8-10)14(22)15(23)24-9-16(18,19)20/h2-4,7,10,13H,5-6,8-9H2,1H3/t10-,13?/m0/s1. The second kappa shape index (κ2) is 7.19. The van der Waals surface area contributed by atoms with Gasteiger partial charge in [0, 0.05) is 6.54 Å².